The number of carbonyl (C=O) groups excluding carboxylic acids is 1. The van der Waals surface area contributed by atoms with Crippen LogP contribution >= 0.6 is 0 Å². The lowest BCUT2D eigenvalue weighted by atomic mass is 10.1. The second-order valence-corrected chi connectivity index (χ2v) is 5.98. The first-order valence-corrected chi connectivity index (χ1v) is 8.14. The average Bonchev–Trinajstić information content (AvgIpc) is 2.55. The molecule has 1 N–H and O–H groups in total. The van der Waals surface area contributed by atoms with Crippen LogP contribution in [0.3, 0.4) is 0 Å². The van der Waals surface area contributed by atoms with Gasteiger partial charge in [0.15, 0.2) is 6.10 Å². The molecular weight excluding hydrogens is 302 g/mol. The fourth-order valence-electron chi connectivity index (χ4n) is 2.44. The molecule has 0 fully saturated rings. The van der Waals surface area contributed by atoms with Crippen molar-refractivity contribution >= 4 is 11.6 Å². The summed E-state index contributed by atoms with van der Waals surface area (Å²) in [5.41, 5.74) is 3.83. The molecule has 0 radical (unpaired) electrons. The largest absolute Gasteiger partial charge is 0.495 e. The van der Waals surface area contributed by atoms with Gasteiger partial charge in [0.05, 0.1) is 12.8 Å². The Kier molecular flexibility index (Phi) is 5.85. The van der Waals surface area contributed by atoms with Gasteiger partial charge in [-0.3, -0.25) is 4.79 Å². The number of rotatable bonds is 6. The van der Waals surface area contributed by atoms with E-state index in [0.29, 0.717) is 17.9 Å². The first-order chi connectivity index (χ1) is 11.4. The Morgan fingerprint density at radius 2 is 1.71 bits per heavy atom. The summed E-state index contributed by atoms with van der Waals surface area (Å²) in [5.74, 6) is 1.20. The molecule has 2 aromatic rings. The van der Waals surface area contributed by atoms with E-state index in [1.807, 2.05) is 64.1 Å². The van der Waals surface area contributed by atoms with Crippen molar-refractivity contribution in [3.05, 3.63) is 53.1 Å². The molecular formula is C20H25NO3. The van der Waals surface area contributed by atoms with Gasteiger partial charge < -0.3 is 14.8 Å². The maximum Gasteiger partial charge on any atom is 0.265 e. The van der Waals surface area contributed by atoms with Crippen LogP contribution in [0.5, 0.6) is 11.5 Å². The zero-order valence-electron chi connectivity index (χ0n) is 15.0. The maximum absolute atomic E-state index is 12.6. The van der Waals surface area contributed by atoms with Crippen molar-refractivity contribution in [1.82, 2.24) is 0 Å². The molecule has 0 aromatic heterocycles. The third kappa shape index (κ3) is 4.28. The number of hydrogen-bond acceptors (Lipinski definition) is 3. The lowest BCUT2D eigenvalue weighted by Crippen LogP contribution is -2.32. The minimum absolute atomic E-state index is 0.178. The minimum Gasteiger partial charge on any atom is -0.495 e. The van der Waals surface area contributed by atoms with Gasteiger partial charge in [-0.1, -0.05) is 25.1 Å². The molecule has 128 valence electrons. The summed E-state index contributed by atoms with van der Waals surface area (Å²) < 4.78 is 11.3. The lowest BCUT2D eigenvalue weighted by Gasteiger charge is -2.20. The summed E-state index contributed by atoms with van der Waals surface area (Å²) in [4.78, 5) is 12.6. The van der Waals surface area contributed by atoms with Crippen LogP contribution in [0.1, 0.15) is 30.0 Å². The Hall–Kier alpha value is -2.49. The molecule has 1 amide bonds. The molecule has 4 heteroatoms. The Bertz CT molecular complexity index is 725. The van der Waals surface area contributed by atoms with Gasteiger partial charge in [-0.15, -0.1) is 0 Å². The molecule has 0 heterocycles. The normalized spacial score (nSPS) is 11.7. The third-order valence-electron chi connectivity index (χ3n) is 3.89. The molecule has 0 saturated carbocycles. The van der Waals surface area contributed by atoms with Crippen LogP contribution < -0.4 is 14.8 Å². The summed E-state index contributed by atoms with van der Waals surface area (Å²) in [5, 5.41) is 2.92. The van der Waals surface area contributed by atoms with Crippen molar-refractivity contribution in [3.8, 4) is 11.5 Å². The molecule has 1 unspecified atom stereocenters. The van der Waals surface area contributed by atoms with Crippen LogP contribution in [0.4, 0.5) is 5.69 Å². The number of amides is 1. The molecule has 2 aromatic carbocycles. The molecule has 0 saturated heterocycles. The number of methoxy groups -OCH3 is 1. The van der Waals surface area contributed by atoms with E-state index in [0.717, 1.165) is 22.4 Å². The number of ether oxygens (including phenoxy) is 2. The maximum atomic E-state index is 12.6. The SMILES string of the molecule is CCC(Oc1cc(C)ccc1C)C(=O)Nc1cc(C)ccc1OC. The molecule has 1 atom stereocenters. The highest BCUT2D eigenvalue weighted by molar-refractivity contribution is 5.95. The Labute approximate surface area is 143 Å². The molecule has 2 rings (SSSR count). The Morgan fingerprint density at radius 1 is 1.04 bits per heavy atom. The van der Waals surface area contributed by atoms with Crippen LogP contribution in [0.2, 0.25) is 0 Å². The van der Waals surface area contributed by atoms with E-state index in [9.17, 15) is 4.79 Å². The van der Waals surface area contributed by atoms with Gasteiger partial charge in [0.25, 0.3) is 5.91 Å². The molecule has 0 bridgehead atoms. The first kappa shape index (κ1) is 17.9. The summed E-state index contributed by atoms with van der Waals surface area (Å²) in [6.07, 6.45) is 0.0172. The number of aryl methyl sites for hydroxylation is 3. The van der Waals surface area contributed by atoms with Gasteiger partial charge in [-0.05, 0) is 62.1 Å². The van der Waals surface area contributed by atoms with Crippen molar-refractivity contribution in [2.75, 3.05) is 12.4 Å². The predicted octanol–water partition coefficient (Wildman–Crippen LogP) is 4.42. The number of carbonyl (C=O) groups is 1. The van der Waals surface area contributed by atoms with Crippen LogP contribution in [0.25, 0.3) is 0 Å². The molecule has 0 spiro atoms. The molecule has 0 aliphatic heterocycles. The highest BCUT2D eigenvalue weighted by Crippen LogP contribution is 2.26. The number of benzene rings is 2. The topological polar surface area (TPSA) is 47.6 Å². The van der Waals surface area contributed by atoms with Crippen molar-refractivity contribution in [1.29, 1.82) is 0 Å². The second kappa shape index (κ2) is 7.86. The van der Waals surface area contributed by atoms with E-state index in [2.05, 4.69) is 5.32 Å². The zero-order chi connectivity index (χ0) is 17.7. The zero-order valence-corrected chi connectivity index (χ0v) is 15.0. The summed E-state index contributed by atoms with van der Waals surface area (Å²) >= 11 is 0. The molecule has 4 nitrogen and oxygen atoms in total. The van der Waals surface area contributed by atoms with Crippen LogP contribution in [-0.2, 0) is 4.79 Å². The van der Waals surface area contributed by atoms with Crippen LogP contribution in [0.15, 0.2) is 36.4 Å². The fraction of sp³-hybridized carbons (Fsp3) is 0.350. The highest BCUT2D eigenvalue weighted by atomic mass is 16.5. The van der Waals surface area contributed by atoms with Gasteiger partial charge in [0, 0.05) is 0 Å². The van der Waals surface area contributed by atoms with Crippen molar-refractivity contribution in [3.63, 3.8) is 0 Å². The highest BCUT2D eigenvalue weighted by Gasteiger charge is 2.20. The lowest BCUT2D eigenvalue weighted by molar-refractivity contribution is -0.122. The number of anilines is 1. The van der Waals surface area contributed by atoms with E-state index >= 15 is 0 Å². The van der Waals surface area contributed by atoms with Crippen molar-refractivity contribution in [2.45, 2.75) is 40.2 Å². The monoisotopic (exact) mass is 327 g/mol. The molecule has 24 heavy (non-hydrogen) atoms. The van der Waals surface area contributed by atoms with Gasteiger partial charge in [-0.2, -0.15) is 0 Å². The van der Waals surface area contributed by atoms with E-state index in [1.54, 1.807) is 7.11 Å². The second-order valence-electron chi connectivity index (χ2n) is 5.98. The summed E-state index contributed by atoms with van der Waals surface area (Å²) in [7, 11) is 1.59. The average molecular weight is 327 g/mol. The molecule has 0 aliphatic carbocycles. The summed E-state index contributed by atoms with van der Waals surface area (Å²) in [6.45, 7) is 7.88. The van der Waals surface area contributed by atoms with Crippen molar-refractivity contribution < 1.29 is 14.3 Å². The van der Waals surface area contributed by atoms with E-state index in [1.165, 1.54) is 0 Å². The standard InChI is InChI=1S/C20H25NO3/c1-6-17(24-19-12-14(3)7-9-15(19)4)20(22)21-16-11-13(2)8-10-18(16)23-5/h7-12,17H,6H2,1-5H3,(H,21,22). The summed E-state index contributed by atoms with van der Waals surface area (Å²) in [6, 6.07) is 11.7. The van der Waals surface area contributed by atoms with Gasteiger partial charge in [0.1, 0.15) is 11.5 Å². The van der Waals surface area contributed by atoms with E-state index in [4.69, 9.17) is 9.47 Å². The quantitative estimate of drug-likeness (QED) is 0.854. The Morgan fingerprint density at radius 3 is 2.38 bits per heavy atom. The van der Waals surface area contributed by atoms with E-state index in [-0.39, 0.29) is 5.91 Å². The smallest absolute Gasteiger partial charge is 0.265 e. The molecule has 0 aliphatic rings. The van der Waals surface area contributed by atoms with Gasteiger partial charge in [-0.25, -0.2) is 0 Å². The van der Waals surface area contributed by atoms with Crippen LogP contribution in [0, 0.1) is 20.8 Å². The van der Waals surface area contributed by atoms with E-state index < -0.39 is 6.10 Å². The van der Waals surface area contributed by atoms with Gasteiger partial charge in [0.2, 0.25) is 0 Å². The predicted molar refractivity (Wildman–Crippen MR) is 97.0 cm³/mol. The Balaban J connectivity index is 2.17. The van der Waals surface area contributed by atoms with Crippen LogP contribution in [-0.4, -0.2) is 19.1 Å². The van der Waals surface area contributed by atoms with Crippen molar-refractivity contribution in [2.24, 2.45) is 0 Å². The number of hydrogen-bond donors (Lipinski definition) is 1. The minimum atomic E-state index is -0.560. The third-order valence-corrected chi connectivity index (χ3v) is 3.89. The van der Waals surface area contributed by atoms with Gasteiger partial charge >= 0.3 is 0 Å². The number of nitrogens with one attached hydrogen (secondary N) is 1. The fourth-order valence-corrected chi connectivity index (χ4v) is 2.44. The first-order valence-electron chi connectivity index (χ1n) is 8.14.